The summed E-state index contributed by atoms with van der Waals surface area (Å²) in [5.74, 6) is 0.923. The van der Waals surface area contributed by atoms with Crippen molar-refractivity contribution >= 4 is 17.7 Å². The first kappa shape index (κ1) is 10.6. The van der Waals surface area contributed by atoms with Gasteiger partial charge in [0.2, 0.25) is 0 Å². The van der Waals surface area contributed by atoms with Crippen LogP contribution in [-0.2, 0) is 4.74 Å². The fourth-order valence-corrected chi connectivity index (χ4v) is 2.69. The highest BCUT2D eigenvalue weighted by Crippen LogP contribution is 2.29. The third kappa shape index (κ3) is 2.75. The molecule has 2 nitrogen and oxygen atoms in total. The molecular weight excluding hydrogens is 206 g/mol. The third-order valence-corrected chi connectivity index (χ3v) is 3.51. The van der Waals surface area contributed by atoms with Crippen LogP contribution in [0.3, 0.4) is 0 Å². The Bertz CT molecular complexity index is 337. The van der Waals surface area contributed by atoms with E-state index in [9.17, 15) is 0 Å². The first-order valence-corrected chi connectivity index (χ1v) is 6.17. The molecule has 1 aliphatic rings. The lowest BCUT2D eigenvalue weighted by molar-refractivity contribution is 0.322. The van der Waals surface area contributed by atoms with Crippen LogP contribution in [0.15, 0.2) is 40.2 Å². The molecule has 0 fully saturated rings. The van der Waals surface area contributed by atoms with Gasteiger partial charge in [0.05, 0.1) is 11.9 Å². The van der Waals surface area contributed by atoms with Crippen LogP contribution in [0.25, 0.3) is 0 Å². The zero-order chi connectivity index (χ0) is 10.5. The number of benzene rings is 1. The second-order valence-corrected chi connectivity index (χ2v) is 4.64. The van der Waals surface area contributed by atoms with E-state index in [0.29, 0.717) is 11.9 Å². The smallest absolute Gasteiger partial charge is 0.197 e. The Morgan fingerprint density at radius 3 is 2.93 bits per heavy atom. The van der Waals surface area contributed by atoms with Crippen molar-refractivity contribution in [3.63, 3.8) is 0 Å². The summed E-state index contributed by atoms with van der Waals surface area (Å²) in [5.41, 5.74) is 0. The molecule has 1 aliphatic heterocycles. The summed E-state index contributed by atoms with van der Waals surface area (Å²) in [6, 6.07) is 10.4. The van der Waals surface area contributed by atoms with Gasteiger partial charge in [0, 0.05) is 11.4 Å². The molecule has 1 heterocycles. The van der Waals surface area contributed by atoms with Crippen LogP contribution in [0.1, 0.15) is 13.3 Å². The average molecular weight is 221 g/mol. The maximum absolute atomic E-state index is 5.52. The number of ether oxygens (including phenoxy) is 1. The summed E-state index contributed by atoms with van der Waals surface area (Å²) >= 11 is 1.84. The van der Waals surface area contributed by atoms with E-state index in [-0.39, 0.29) is 0 Å². The van der Waals surface area contributed by atoms with Crippen molar-refractivity contribution in [3.05, 3.63) is 30.3 Å². The van der Waals surface area contributed by atoms with Crippen molar-refractivity contribution < 1.29 is 4.74 Å². The summed E-state index contributed by atoms with van der Waals surface area (Å²) in [4.78, 5) is 5.67. The normalized spacial score (nSPS) is 20.1. The molecule has 0 aliphatic carbocycles. The third-order valence-electron chi connectivity index (χ3n) is 2.25. The Labute approximate surface area is 94.7 Å². The minimum atomic E-state index is 0.410. The molecule has 1 atom stereocenters. The van der Waals surface area contributed by atoms with Crippen LogP contribution < -0.4 is 0 Å². The molecule has 2 rings (SSSR count). The highest BCUT2D eigenvalue weighted by atomic mass is 32.2. The van der Waals surface area contributed by atoms with Gasteiger partial charge in [-0.05, 0) is 25.5 Å². The van der Waals surface area contributed by atoms with E-state index in [1.165, 1.54) is 4.90 Å². The number of hydrogen-bond acceptors (Lipinski definition) is 3. The highest BCUT2D eigenvalue weighted by Gasteiger charge is 2.23. The van der Waals surface area contributed by atoms with Gasteiger partial charge in [0.25, 0.3) is 0 Å². The van der Waals surface area contributed by atoms with E-state index < -0.39 is 0 Å². The molecule has 0 amide bonds. The van der Waals surface area contributed by atoms with Crippen molar-refractivity contribution in [2.45, 2.75) is 23.5 Å². The first-order valence-electron chi connectivity index (χ1n) is 5.29. The fourth-order valence-electron chi connectivity index (χ4n) is 1.58. The van der Waals surface area contributed by atoms with Gasteiger partial charge in [-0.15, -0.1) is 11.8 Å². The van der Waals surface area contributed by atoms with E-state index in [2.05, 4.69) is 29.3 Å². The zero-order valence-electron chi connectivity index (χ0n) is 8.85. The van der Waals surface area contributed by atoms with Crippen molar-refractivity contribution in [1.29, 1.82) is 0 Å². The van der Waals surface area contributed by atoms with E-state index in [0.717, 1.165) is 18.9 Å². The van der Waals surface area contributed by atoms with Crippen LogP contribution in [0.4, 0.5) is 0 Å². The Morgan fingerprint density at radius 1 is 1.40 bits per heavy atom. The molecule has 15 heavy (non-hydrogen) atoms. The monoisotopic (exact) mass is 221 g/mol. The number of nitrogens with zero attached hydrogens (tertiary/aromatic N) is 1. The van der Waals surface area contributed by atoms with Gasteiger partial charge >= 0.3 is 0 Å². The lowest BCUT2D eigenvalue weighted by atomic mass is 10.3. The van der Waals surface area contributed by atoms with Gasteiger partial charge in [-0.1, -0.05) is 18.2 Å². The summed E-state index contributed by atoms with van der Waals surface area (Å²) in [7, 11) is 0. The van der Waals surface area contributed by atoms with Crippen molar-refractivity contribution in [2.24, 2.45) is 4.99 Å². The van der Waals surface area contributed by atoms with Crippen molar-refractivity contribution in [1.82, 2.24) is 0 Å². The first-order chi connectivity index (χ1) is 7.40. The Kier molecular flexibility index (Phi) is 3.67. The second kappa shape index (κ2) is 5.21. The number of aliphatic imine (C=N–C) groups is 1. The second-order valence-electron chi connectivity index (χ2n) is 3.36. The molecule has 0 bridgehead atoms. The molecule has 0 saturated carbocycles. The average Bonchev–Trinajstić information content (AvgIpc) is 2.68. The lowest BCUT2D eigenvalue weighted by Gasteiger charge is -2.12. The minimum Gasteiger partial charge on any atom is -0.480 e. The molecule has 1 aromatic rings. The summed E-state index contributed by atoms with van der Waals surface area (Å²) in [6.07, 6.45) is 1.09. The predicted molar refractivity (Wildman–Crippen MR) is 64.6 cm³/mol. The molecule has 0 saturated heterocycles. The number of rotatable bonds is 3. The van der Waals surface area contributed by atoms with Gasteiger partial charge in [0.1, 0.15) is 0 Å². The van der Waals surface area contributed by atoms with Crippen LogP contribution >= 0.6 is 11.8 Å². The Hall–Kier alpha value is -0.960. The van der Waals surface area contributed by atoms with Crippen LogP contribution in [0.2, 0.25) is 0 Å². The highest BCUT2D eigenvalue weighted by molar-refractivity contribution is 8.00. The van der Waals surface area contributed by atoms with E-state index >= 15 is 0 Å². The van der Waals surface area contributed by atoms with Gasteiger partial charge in [-0.25, -0.2) is 0 Å². The molecule has 3 heteroatoms. The standard InChI is InChI=1S/C12H15NOS/c1-2-14-12-11(8-9-13-12)15-10-6-4-3-5-7-10/h3-7,11H,2,8-9H2,1H3. The molecule has 0 aromatic heterocycles. The fraction of sp³-hybridized carbons (Fsp3) is 0.417. The predicted octanol–water partition coefficient (Wildman–Crippen LogP) is 2.99. The van der Waals surface area contributed by atoms with Crippen molar-refractivity contribution in [2.75, 3.05) is 13.2 Å². The molecule has 1 unspecified atom stereocenters. The maximum atomic E-state index is 5.52. The minimum absolute atomic E-state index is 0.410. The summed E-state index contributed by atoms with van der Waals surface area (Å²) in [6.45, 7) is 3.62. The van der Waals surface area contributed by atoms with Crippen LogP contribution in [0.5, 0.6) is 0 Å². The quantitative estimate of drug-likeness (QED) is 0.782. The molecule has 0 spiro atoms. The van der Waals surface area contributed by atoms with E-state index in [1.54, 1.807) is 0 Å². The van der Waals surface area contributed by atoms with E-state index in [1.807, 2.05) is 24.8 Å². The molecule has 80 valence electrons. The number of hydrogen-bond donors (Lipinski definition) is 0. The SMILES string of the molecule is CCOC1=NCCC1Sc1ccccc1. The Morgan fingerprint density at radius 2 is 2.20 bits per heavy atom. The van der Waals surface area contributed by atoms with Gasteiger partial charge in [0.15, 0.2) is 5.90 Å². The molecule has 0 radical (unpaired) electrons. The van der Waals surface area contributed by atoms with Crippen LogP contribution in [-0.4, -0.2) is 24.3 Å². The molecular formula is C12H15NOS. The van der Waals surface area contributed by atoms with Gasteiger partial charge in [-0.3, -0.25) is 4.99 Å². The van der Waals surface area contributed by atoms with E-state index in [4.69, 9.17) is 4.74 Å². The molecule has 0 N–H and O–H groups in total. The van der Waals surface area contributed by atoms with Gasteiger partial charge < -0.3 is 4.74 Å². The Balaban J connectivity index is 1.98. The van der Waals surface area contributed by atoms with Crippen LogP contribution in [0, 0.1) is 0 Å². The maximum Gasteiger partial charge on any atom is 0.197 e. The van der Waals surface area contributed by atoms with Gasteiger partial charge in [-0.2, -0.15) is 0 Å². The zero-order valence-corrected chi connectivity index (χ0v) is 9.67. The number of thioether (sulfide) groups is 1. The topological polar surface area (TPSA) is 21.6 Å². The summed E-state index contributed by atoms with van der Waals surface area (Å²) < 4.78 is 5.52. The van der Waals surface area contributed by atoms with Crippen molar-refractivity contribution in [3.8, 4) is 0 Å². The summed E-state index contributed by atoms with van der Waals surface area (Å²) in [5, 5.41) is 0.410. The largest absolute Gasteiger partial charge is 0.480 e. The lowest BCUT2D eigenvalue weighted by Crippen LogP contribution is -2.15. The molecule has 1 aromatic carbocycles.